The Morgan fingerprint density at radius 3 is 2.66 bits per heavy atom. The Kier molecular flexibility index (Phi) is 6.52. The zero-order valence-electron chi connectivity index (χ0n) is 17.1. The van der Waals surface area contributed by atoms with Crippen LogP contribution in [0.25, 0.3) is 0 Å². The predicted molar refractivity (Wildman–Crippen MR) is 117 cm³/mol. The fourth-order valence-corrected chi connectivity index (χ4v) is 4.47. The number of benzene rings is 1. The number of allylic oxidation sites excluding steroid dienone is 1. The number of urea groups is 1. The first kappa shape index (κ1) is 20.0. The van der Waals surface area contributed by atoms with Crippen LogP contribution in [0.3, 0.4) is 0 Å². The predicted octanol–water partition coefficient (Wildman–Crippen LogP) is 3.32. The van der Waals surface area contributed by atoms with Gasteiger partial charge in [0.1, 0.15) is 6.17 Å². The number of carbonyl (C=O) groups is 1. The first-order chi connectivity index (χ1) is 14.2. The van der Waals surface area contributed by atoms with Crippen molar-refractivity contribution < 1.29 is 4.79 Å². The van der Waals surface area contributed by atoms with Crippen LogP contribution >= 0.6 is 0 Å². The average Bonchev–Trinajstić information content (AvgIpc) is 3.13. The number of anilines is 1. The van der Waals surface area contributed by atoms with Crippen molar-refractivity contribution in [2.75, 3.05) is 18.0 Å². The van der Waals surface area contributed by atoms with Crippen LogP contribution in [-0.4, -0.2) is 25.3 Å². The van der Waals surface area contributed by atoms with E-state index in [9.17, 15) is 4.79 Å². The average molecular weight is 396 g/mol. The van der Waals surface area contributed by atoms with Crippen LogP contribution in [0.15, 0.2) is 47.8 Å². The van der Waals surface area contributed by atoms with Gasteiger partial charge in [0.25, 0.3) is 0 Å². The summed E-state index contributed by atoms with van der Waals surface area (Å²) in [6.07, 6.45) is 12.9. The van der Waals surface area contributed by atoms with Gasteiger partial charge in [0, 0.05) is 24.0 Å². The van der Waals surface area contributed by atoms with Crippen LogP contribution in [0.4, 0.5) is 10.5 Å². The first-order valence-electron chi connectivity index (χ1n) is 11.0. The SMILES string of the molecule is NCCCNCc1ccc(N2C=C3C=C(CC4CCCCC4)NC3NC2=O)cc1. The van der Waals surface area contributed by atoms with Crippen molar-refractivity contribution in [3.8, 4) is 0 Å². The molecule has 1 unspecified atom stereocenters. The van der Waals surface area contributed by atoms with Crippen molar-refractivity contribution >= 4 is 11.7 Å². The number of amides is 2. The Morgan fingerprint density at radius 2 is 1.90 bits per heavy atom. The molecule has 1 aromatic rings. The summed E-state index contributed by atoms with van der Waals surface area (Å²) in [5.41, 5.74) is 9.99. The molecule has 1 atom stereocenters. The van der Waals surface area contributed by atoms with E-state index in [-0.39, 0.29) is 12.2 Å². The lowest BCUT2D eigenvalue weighted by Gasteiger charge is -2.29. The van der Waals surface area contributed by atoms with Gasteiger partial charge in [-0.25, -0.2) is 4.79 Å². The minimum absolute atomic E-state index is 0.0904. The Morgan fingerprint density at radius 1 is 1.10 bits per heavy atom. The minimum Gasteiger partial charge on any atom is -0.365 e. The normalized spacial score (nSPS) is 21.9. The first-order valence-corrected chi connectivity index (χ1v) is 11.0. The van der Waals surface area contributed by atoms with Crippen LogP contribution in [0.5, 0.6) is 0 Å². The Hall–Kier alpha value is -2.31. The second-order valence-electron chi connectivity index (χ2n) is 8.39. The highest BCUT2D eigenvalue weighted by molar-refractivity contribution is 5.96. The molecule has 29 heavy (non-hydrogen) atoms. The molecule has 3 aliphatic rings. The zero-order valence-corrected chi connectivity index (χ0v) is 17.1. The molecular weight excluding hydrogens is 362 g/mol. The van der Waals surface area contributed by atoms with Crippen molar-refractivity contribution in [1.82, 2.24) is 16.0 Å². The molecule has 5 N–H and O–H groups in total. The van der Waals surface area contributed by atoms with E-state index in [1.54, 1.807) is 4.90 Å². The molecule has 2 heterocycles. The third kappa shape index (κ3) is 5.00. The van der Waals surface area contributed by atoms with Gasteiger partial charge in [-0.3, -0.25) is 4.90 Å². The fraction of sp³-hybridized carbons (Fsp3) is 0.522. The van der Waals surface area contributed by atoms with Gasteiger partial charge in [-0.2, -0.15) is 0 Å². The van der Waals surface area contributed by atoms with Crippen molar-refractivity contribution in [2.45, 2.75) is 57.7 Å². The molecule has 4 rings (SSSR count). The fourth-order valence-electron chi connectivity index (χ4n) is 4.47. The molecule has 2 amide bonds. The summed E-state index contributed by atoms with van der Waals surface area (Å²) < 4.78 is 0. The molecule has 2 aliphatic heterocycles. The van der Waals surface area contributed by atoms with Gasteiger partial charge in [-0.1, -0.05) is 44.2 Å². The number of rotatable bonds is 8. The summed E-state index contributed by atoms with van der Waals surface area (Å²) in [4.78, 5) is 14.4. The zero-order chi connectivity index (χ0) is 20.1. The summed E-state index contributed by atoms with van der Waals surface area (Å²) in [5.74, 6) is 0.779. The van der Waals surface area contributed by atoms with Gasteiger partial charge in [0.2, 0.25) is 0 Å². The van der Waals surface area contributed by atoms with Crippen LogP contribution in [-0.2, 0) is 6.54 Å². The molecule has 1 aliphatic carbocycles. The molecule has 0 radical (unpaired) electrons. The monoisotopic (exact) mass is 395 g/mol. The van der Waals surface area contributed by atoms with Gasteiger partial charge in [0.15, 0.2) is 0 Å². The van der Waals surface area contributed by atoms with Gasteiger partial charge in [-0.05, 0) is 55.6 Å². The second-order valence-corrected chi connectivity index (χ2v) is 8.39. The third-order valence-electron chi connectivity index (χ3n) is 6.10. The summed E-state index contributed by atoms with van der Waals surface area (Å²) in [6.45, 7) is 2.44. The summed E-state index contributed by atoms with van der Waals surface area (Å²) in [7, 11) is 0. The quantitative estimate of drug-likeness (QED) is 0.509. The highest BCUT2D eigenvalue weighted by atomic mass is 16.2. The van der Waals surface area contributed by atoms with Gasteiger partial charge >= 0.3 is 6.03 Å². The number of nitrogens with two attached hydrogens (primary N) is 1. The molecule has 6 heteroatoms. The number of carbonyl (C=O) groups excluding carboxylic acids is 1. The van der Waals surface area contributed by atoms with E-state index < -0.39 is 0 Å². The molecule has 0 bridgehead atoms. The number of nitrogens with zero attached hydrogens (tertiary/aromatic N) is 1. The maximum Gasteiger partial charge on any atom is 0.327 e. The minimum atomic E-state index is -0.0941. The maximum absolute atomic E-state index is 12.6. The Bertz CT molecular complexity index is 764. The lowest BCUT2D eigenvalue weighted by molar-refractivity contribution is 0.243. The van der Waals surface area contributed by atoms with Crippen LogP contribution in [0, 0.1) is 5.92 Å². The highest BCUT2D eigenvalue weighted by Gasteiger charge is 2.31. The molecule has 0 aromatic heterocycles. The molecule has 1 aromatic carbocycles. The number of fused-ring (bicyclic) bond motifs is 1. The summed E-state index contributed by atoms with van der Waals surface area (Å²) in [5, 5.41) is 9.97. The second kappa shape index (κ2) is 9.46. The van der Waals surface area contributed by atoms with E-state index in [2.05, 4.69) is 34.2 Å². The third-order valence-corrected chi connectivity index (χ3v) is 6.10. The van der Waals surface area contributed by atoms with Crippen molar-refractivity contribution in [1.29, 1.82) is 0 Å². The van der Waals surface area contributed by atoms with Crippen molar-refractivity contribution in [3.05, 3.63) is 53.4 Å². The van der Waals surface area contributed by atoms with E-state index in [0.717, 1.165) is 43.1 Å². The van der Waals surface area contributed by atoms with E-state index >= 15 is 0 Å². The van der Waals surface area contributed by atoms with Gasteiger partial charge in [-0.15, -0.1) is 0 Å². The van der Waals surface area contributed by atoms with E-state index in [1.807, 2.05) is 18.3 Å². The maximum atomic E-state index is 12.6. The van der Waals surface area contributed by atoms with E-state index in [4.69, 9.17) is 5.73 Å². The van der Waals surface area contributed by atoms with Crippen molar-refractivity contribution in [2.24, 2.45) is 11.7 Å². The van der Waals surface area contributed by atoms with Gasteiger partial charge in [0.05, 0.1) is 5.69 Å². The summed E-state index contributed by atoms with van der Waals surface area (Å²) in [6, 6.07) is 8.06. The lowest BCUT2D eigenvalue weighted by atomic mass is 9.86. The Balaban J connectivity index is 1.39. The van der Waals surface area contributed by atoms with Crippen LogP contribution in [0.2, 0.25) is 0 Å². The van der Waals surface area contributed by atoms with Crippen LogP contribution in [0.1, 0.15) is 50.5 Å². The molecule has 0 saturated heterocycles. The topological polar surface area (TPSA) is 82.4 Å². The number of hydrogen-bond acceptors (Lipinski definition) is 4. The van der Waals surface area contributed by atoms with Crippen LogP contribution < -0.4 is 26.6 Å². The Labute approximate surface area is 173 Å². The summed E-state index contributed by atoms with van der Waals surface area (Å²) >= 11 is 0. The van der Waals surface area contributed by atoms with E-state index in [1.165, 1.54) is 43.4 Å². The highest BCUT2D eigenvalue weighted by Crippen LogP contribution is 2.32. The molecule has 1 saturated carbocycles. The molecule has 6 nitrogen and oxygen atoms in total. The molecule has 1 fully saturated rings. The smallest absolute Gasteiger partial charge is 0.327 e. The lowest BCUT2D eigenvalue weighted by Crippen LogP contribution is -2.51. The standard InChI is InChI=1S/C23H33N5O/c24-11-4-12-25-15-18-7-9-21(10-8-18)28-16-19-14-20(26-22(19)27-23(28)29)13-17-5-2-1-3-6-17/h7-10,14,16-17,22,25-26H,1-6,11-13,15,24H2,(H,27,29). The number of hydrogen-bond donors (Lipinski definition) is 4. The largest absolute Gasteiger partial charge is 0.365 e. The van der Waals surface area contributed by atoms with Crippen molar-refractivity contribution in [3.63, 3.8) is 0 Å². The molecule has 156 valence electrons. The number of nitrogens with one attached hydrogen (secondary N) is 3. The van der Waals surface area contributed by atoms with Gasteiger partial charge < -0.3 is 21.7 Å². The van der Waals surface area contributed by atoms with E-state index in [0.29, 0.717) is 6.54 Å². The molecule has 0 spiro atoms. The molecular formula is C23H33N5O.